The Morgan fingerprint density at radius 3 is 2.52 bits per heavy atom. The van der Waals surface area contributed by atoms with Crippen LogP contribution in [0.3, 0.4) is 0 Å². The maximum atomic E-state index is 11.8. The first kappa shape index (κ1) is 15.8. The number of carbonyl (C=O) groups excluding carboxylic acids is 1. The highest BCUT2D eigenvalue weighted by molar-refractivity contribution is 5.89. The summed E-state index contributed by atoms with van der Waals surface area (Å²) in [5.41, 5.74) is 2.01. The van der Waals surface area contributed by atoms with E-state index in [4.69, 9.17) is 4.74 Å². The minimum atomic E-state index is -0.105. The molecule has 1 aliphatic rings. The van der Waals surface area contributed by atoms with Crippen molar-refractivity contribution in [2.75, 3.05) is 32.5 Å². The summed E-state index contributed by atoms with van der Waals surface area (Å²) in [6, 6.07) is 7.86. The largest absolute Gasteiger partial charge is 0.373 e. The highest BCUT2D eigenvalue weighted by Crippen LogP contribution is 2.20. The third-order valence-corrected chi connectivity index (χ3v) is 3.55. The van der Waals surface area contributed by atoms with Gasteiger partial charge in [0.25, 0.3) is 0 Å². The molecule has 116 valence electrons. The van der Waals surface area contributed by atoms with Crippen LogP contribution in [0, 0.1) is 0 Å². The molecule has 5 heteroatoms. The molecule has 2 rings (SSSR count). The summed E-state index contributed by atoms with van der Waals surface area (Å²) in [6.45, 7) is 6.85. The summed E-state index contributed by atoms with van der Waals surface area (Å²) < 4.78 is 5.76. The van der Waals surface area contributed by atoms with Crippen molar-refractivity contribution >= 4 is 11.7 Å². The van der Waals surface area contributed by atoms with Gasteiger partial charge < -0.3 is 15.0 Å². The second kappa shape index (κ2) is 6.91. The average molecular weight is 291 g/mol. The Balaban J connectivity index is 2.07. The molecule has 1 heterocycles. The quantitative estimate of drug-likeness (QED) is 0.930. The van der Waals surface area contributed by atoms with E-state index in [-0.39, 0.29) is 18.2 Å². The van der Waals surface area contributed by atoms with Crippen molar-refractivity contribution in [1.82, 2.24) is 9.80 Å². The molecule has 2 unspecified atom stereocenters. The summed E-state index contributed by atoms with van der Waals surface area (Å²) in [4.78, 5) is 15.8. The molecule has 2 atom stereocenters. The lowest BCUT2D eigenvalue weighted by atomic mass is 10.1. The first-order valence-electron chi connectivity index (χ1n) is 7.39. The number of carbonyl (C=O) groups is 1. The van der Waals surface area contributed by atoms with Crippen molar-refractivity contribution in [1.29, 1.82) is 0 Å². The predicted octanol–water partition coefficient (Wildman–Crippen LogP) is 2.39. The van der Waals surface area contributed by atoms with Crippen LogP contribution in [0.5, 0.6) is 0 Å². The minimum Gasteiger partial charge on any atom is -0.373 e. The topological polar surface area (TPSA) is 44.8 Å². The number of ether oxygens (including phenoxy) is 1. The van der Waals surface area contributed by atoms with Gasteiger partial charge in [0.2, 0.25) is 0 Å². The predicted molar refractivity (Wildman–Crippen MR) is 84.4 cm³/mol. The molecule has 0 radical (unpaired) electrons. The Morgan fingerprint density at radius 2 is 1.90 bits per heavy atom. The fraction of sp³-hybridized carbons (Fsp3) is 0.562. The van der Waals surface area contributed by atoms with E-state index in [0.29, 0.717) is 0 Å². The van der Waals surface area contributed by atoms with Crippen molar-refractivity contribution in [2.24, 2.45) is 0 Å². The SMILES string of the molecule is CC1CN(Cc2ccccc2NC(=O)N(C)C)CC(C)O1. The molecule has 2 amide bonds. The first-order chi connectivity index (χ1) is 9.95. The van der Waals surface area contributed by atoms with Crippen LogP contribution >= 0.6 is 0 Å². The molecular formula is C16H25N3O2. The number of nitrogens with zero attached hydrogens (tertiary/aromatic N) is 2. The number of benzene rings is 1. The molecule has 0 bridgehead atoms. The van der Waals surface area contributed by atoms with Gasteiger partial charge >= 0.3 is 6.03 Å². The van der Waals surface area contributed by atoms with E-state index < -0.39 is 0 Å². The van der Waals surface area contributed by atoms with Gasteiger partial charge in [-0.1, -0.05) is 18.2 Å². The number of hydrogen-bond donors (Lipinski definition) is 1. The van der Waals surface area contributed by atoms with Crippen molar-refractivity contribution in [3.63, 3.8) is 0 Å². The second-order valence-electron chi connectivity index (χ2n) is 5.93. The number of anilines is 1. The molecule has 1 saturated heterocycles. The van der Waals surface area contributed by atoms with Gasteiger partial charge in [-0.2, -0.15) is 0 Å². The molecule has 1 aliphatic heterocycles. The molecule has 1 fully saturated rings. The molecule has 0 aliphatic carbocycles. The van der Waals surface area contributed by atoms with E-state index in [0.717, 1.165) is 30.9 Å². The fourth-order valence-corrected chi connectivity index (χ4v) is 2.66. The summed E-state index contributed by atoms with van der Waals surface area (Å²) in [6.07, 6.45) is 0.495. The third-order valence-electron chi connectivity index (χ3n) is 3.55. The molecule has 5 nitrogen and oxygen atoms in total. The van der Waals surface area contributed by atoms with Crippen LogP contribution in [-0.4, -0.2) is 55.2 Å². The van der Waals surface area contributed by atoms with Gasteiger partial charge in [-0.05, 0) is 25.5 Å². The molecule has 1 N–H and O–H groups in total. The fourth-order valence-electron chi connectivity index (χ4n) is 2.66. The Morgan fingerprint density at radius 1 is 1.29 bits per heavy atom. The Labute approximate surface area is 126 Å². The van der Waals surface area contributed by atoms with Gasteiger partial charge in [0.1, 0.15) is 0 Å². The number of urea groups is 1. The van der Waals surface area contributed by atoms with Crippen LogP contribution in [0.4, 0.5) is 10.5 Å². The van der Waals surface area contributed by atoms with Crippen LogP contribution in [0.15, 0.2) is 24.3 Å². The normalized spacial score (nSPS) is 22.9. The minimum absolute atomic E-state index is 0.105. The molecule has 0 aromatic heterocycles. The smallest absolute Gasteiger partial charge is 0.321 e. The van der Waals surface area contributed by atoms with E-state index in [9.17, 15) is 4.79 Å². The van der Waals surface area contributed by atoms with Gasteiger partial charge in [-0.15, -0.1) is 0 Å². The number of amides is 2. The molecule has 0 saturated carbocycles. The van der Waals surface area contributed by atoms with E-state index >= 15 is 0 Å². The molecule has 0 spiro atoms. The highest BCUT2D eigenvalue weighted by Gasteiger charge is 2.22. The van der Waals surface area contributed by atoms with Crippen LogP contribution in [0.25, 0.3) is 0 Å². The molecule has 21 heavy (non-hydrogen) atoms. The summed E-state index contributed by atoms with van der Waals surface area (Å²) in [7, 11) is 3.48. The zero-order valence-electron chi connectivity index (χ0n) is 13.3. The molecular weight excluding hydrogens is 266 g/mol. The average Bonchev–Trinajstić information content (AvgIpc) is 2.39. The zero-order valence-corrected chi connectivity index (χ0v) is 13.3. The molecule has 1 aromatic rings. The van der Waals surface area contributed by atoms with Gasteiger partial charge in [-0.3, -0.25) is 4.90 Å². The summed E-state index contributed by atoms with van der Waals surface area (Å²) in [5, 5.41) is 2.95. The monoisotopic (exact) mass is 291 g/mol. The van der Waals surface area contributed by atoms with Crippen LogP contribution < -0.4 is 5.32 Å². The number of hydrogen-bond acceptors (Lipinski definition) is 3. The number of nitrogens with one attached hydrogen (secondary N) is 1. The van der Waals surface area contributed by atoms with Crippen LogP contribution in [0.2, 0.25) is 0 Å². The van der Waals surface area contributed by atoms with E-state index in [1.807, 2.05) is 18.2 Å². The maximum Gasteiger partial charge on any atom is 0.321 e. The van der Waals surface area contributed by atoms with Gasteiger partial charge in [0.05, 0.1) is 12.2 Å². The Hall–Kier alpha value is -1.59. The lowest BCUT2D eigenvalue weighted by Gasteiger charge is -2.35. The van der Waals surface area contributed by atoms with E-state index in [1.165, 1.54) is 4.90 Å². The number of rotatable bonds is 3. The Bertz CT molecular complexity index is 480. The van der Waals surface area contributed by atoms with Gasteiger partial charge in [0, 0.05) is 39.4 Å². The van der Waals surface area contributed by atoms with Crippen molar-refractivity contribution < 1.29 is 9.53 Å². The lowest BCUT2D eigenvalue weighted by Crippen LogP contribution is -2.44. The number of para-hydroxylation sites is 1. The lowest BCUT2D eigenvalue weighted by molar-refractivity contribution is -0.0704. The van der Waals surface area contributed by atoms with Crippen LogP contribution in [-0.2, 0) is 11.3 Å². The van der Waals surface area contributed by atoms with Crippen LogP contribution in [0.1, 0.15) is 19.4 Å². The Kier molecular flexibility index (Phi) is 5.20. The highest BCUT2D eigenvalue weighted by atomic mass is 16.5. The maximum absolute atomic E-state index is 11.8. The number of morpholine rings is 1. The van der Waals surface area contributed by atoms with Crippen molar-refractivity contribution in [3.05, 3.63) is 29.8 Å². The van der Waals surface area contributed by atoms with Crippen molar-refractivity contribution in [3.8, 4) is 0 Å². The van der Waals surface area contributed by atoms with Crippen molar-refractivity contribution in [2.45, 2.75) is 32.6 Å². The first-order valence-corrected chi connectivity index (χ1v) is 7.39. The third kappa shape index (κ3) is 4.44. The van der Waals surface area contributed by atoms with E-state index in [1.54, 1.807) is 14.1 Å². The zero-order chi connectivity index (χ0) is 15.4. The van der Waals surface area contributed by atoms with Gasteiger partial charge in [-0.25, -0.2) is 4.79 Å². The summed E-state index contributed by atoms with van der Waals surface area (Å²) >= 11 is 0. The van der Waals surface area contributed by atoms with E-state index in [2.05, 4.69) is 30.1 Å². The summed E-state index contributed by atoms with van der Waals surface area (Å²) in [5.74, 6) is 0. The molecule has 1 aromatic carbocycles. The second-order valence-corrected chi connectivity index (χ2v) is 5.93. The standard InChI is InChI=1S/C16H25N3O2/c1-12-9-19(10-13(2)21-12)11-14-7-5-6-8-15(14)17-16(20)18(3)4/h5-8,12-13H,9-11H2,1-4H3,(H,17,20). The van der Waals surface area contributed by atoms with Gasteiger partial charge in [0.15, 0.2) is 0 Å².